The fourth-order valence-electron chi connectivity index (χ4n) is 3.77. The van der Waals surface area contributed by atoms with E-state index in [1.807, 2.05) is 0 Å². The molecule has 0 saturated carbocycles. The van der Waals surface area contributed by atoms with Gasteiger partial charge in [-0.3, -0.25) is 13.9 Å². The van der Waals surface area contributed by atoms with Gasteiger partial charge in [0, 0.05) is 7.05 Å². The van der Waals surface area contributed by atoms with Crippen LogP contribution in [0.5, 0.6) is 0 Å². The molecule has 0 saturated heterocycles. The minimum Gasteiger partial charge on any atom is -0.376 e. The van der Waals surface area contributed by atoms with Crippen molar-refractivity contribution in [3.05, 3.63) is 59.4 Å². The highest BCUT2D eigenvalue weighted by molar-refractivity contribution is 7.92. The highest BCUT2D eigenvalue weighted by Crippen LogP contribution is 2.43. The van der Waals surface area contributed by atoms with Crippen LogP contribution in [0.4, 0.5) is 23.2 Å². The van der Waals surface area contributed by atoms with Crippen molar-refractivity contribution in [2.75, 3.05) is 18.5 Å². The van der Waals surface area contributed by atoms with Gasteiger partial charge in [-0.15, -0.1) is 0 Å². The topological polar surface area (TPSA) is 87.2 Å². The van der Waals surface area contributed by atoms with Crippen LogP contribution < -0.4 is 4.31 Å². The lowest BCUT2D eigenvalue weighted by atomic mass is 9.89. The molecule has 186 valence electrons. The van der Waals surface area contributed by atoms with E-state index in [9.17, 15) is 35.9 Å². The van der Waals surface area contributed by atoms with Crippen molar-refractivity contribution in [3.8, 4) is 0 Å². The summed E-state index contributed by atoms with van der Waals surface area (Å²) in [5.41, 5.74) is -3.24. The van der Waals surface area contributed by atoms with Crippen molar-refractivity contribution in [1.29, 1.82) is 0 Å². The Kier molecular flexibility index (Phi) is 6.98. The largest absolute Gasteiger partial charge is 0.421 e. The molecule has 2 aromatic rings. The molecule has 2 atom stereocenters. The van der Waals surface area contributed by atoms with Crippen molar-refractivity contribution in [2.45, 2.75) is 48.9 Å². The van der Waals surface area contributed by atoms with E-state index in [4.69, 9.17) is 4.84 Å². The van der Waals surface area contributed by atoms with Crippen LogP contribution in [0.1, 0.15) is 30.9 Å². The monoisotopic (exact) mass is 504 g/mol. The van der Waals surface area contributed by atoms with Crippen LogP contribution >= 0.6 is 0 Å². The third-order valence-electron chi connectivity index (χ3n) is 5.92. The number of anilines is 1. The number of aliphatic hydroxyl groups is 1. The normalized spacial score (nSPS) is 18.2. The number of fused-ring (bicyclic) bond motifs is 1. The number of sulfonamides is 1. The second-order valence-corrected chi connectivity index (χ2v) is 9.95. The van der Waals surface area contributed by atoms with E-state index < -0.39 is 45.1 Å². The Labute approximate surface area is 194 Å². The first-order chi connectivity index (χ1) is 15.7. The van der Waals surface area contributed by atoms with Crippen molar-refractivity contribution in [2.24, 2.45) is 0 Å². The van der Waals surface area contributed by atoms with Crippen LogP contribution in [0, 0.1) is 5.82 Å². The number of nitrogens with zero attached hydrogens (tertiary/aromatic N) is 2. The minimum absolute atomic E-state index is 0.0789. The number of hydroxylamine groups is 2. The summed E-state index contributed by atoms with van der Waals surface area (Å²) in [6, 6.07) is 6.52. The Bertz CT molecular complexity index is 1170. The predicted octanol–water partition coefficient (Wildman–Crippen LogP) is 3.52. The molecular weight excluding hydrogens is 480 g/mol. The molecule has 7 nitrogen and oxygen atoms in total. The van der Waals surface area contributed by atoms with Gasteiger partial charge in [0.1, 0.15) is 5.82 Å². The molecule has 34 heavy (non-hydrogen) atoms. The Hall–Kier alpha value is -2.70. The van der Waals surface area contributed by atoms with Gasteiger partial charge in [0.25, 0.3) is 10.0 Å². The lowest BCUT2D eigenvalue weighted by Crippen LogP contribution is -2.46. The minimum atomic E-state index is -4.95. The first-order valence-electron chi connectivity index (χ1n) is 10.2. The molecule has 0 aliphatic carbocycles. The summed E-state index contributed by atoms with van der Waals surface area (Å²) in [5, 5.41) is 11.0. The molecule has 0 fully saturated rings. The van der Waals surface area contributed by atoms with Crippen LogP contribution in [-0.4, -0.2) is 50.9 Å². The summed E-state index contributed by atoms with van der Waals surface area (Å²) < 4.78 is 81.5. The van der Waals surface area contributed by atoms with Gasteiger partial charge in [0.2, 0.25) is 5.91 Å². The number of alkyl halides is 3. The van der Waals surface area contributed by atoms with Crippen LogP contribution in [0.15, 0.2) is 47.4 Å². The summed E-state index contributed by atoms with van der Waals surface area (Å²) >= 11 is 0. The Morgan fingerprint density at radius 2 is 1.82 bits per heavy atom. The smallest absolute Gasteiger partial charge is 0.376 e. The summed E-state index contributed by atoms with van der Waals surface area (Å²) in [6.07, 6.45) is -4.92. The van der Waals surface area contributed by atoms with Gasteiger partial charge in [0.15, 0.2) is 5.60 Å². The molecule has 1 heterocycles. The summed E-state index contributed by atoms with van der Waals surface area (Å²) in [7, 11) is -1.69. The van der Waals surface area contributed by atoms with Gasteiger partial charge in [-0.1, -0.05) is 12.1 Å². The number of hydrogen-bond acceptors (Lipinski definition) is 5. The van der Waals surface area contributed by atoms with Gasteiger partial charge < -0.3 is 5.11 Å². The molecule has 1 N–H and O–H groups in total. The van der Waals surface area contributed by atoms with E-state index in [2.05, 4.69) is 0 Å². The van der Waals surface area contributed by atoms with Crippen molar-refractivity contribution < 1.29 is 40.7 Å². The number of benzene rings is 2. The van der Waals surface area contributed by atoms with Crippen molar-refractivity contribution in [1.82, 2.24) is 5.06 Å². The number of halogens is 4. The standard InChI is InChI=1S/C22H24F4N2O5S/c1-21(30,22(24,25)26)15-5-11-19-14(12-15)4-8-17(13-20(29)27(2)33-3)28(19)34(31,32)18-9-6-16(23)7-10-18/h5-7,9-12,17,30H,4,8,13H2,1-3H3/t17-,21?/m0/s1. The van der Waals surface area contributed by atoms with E-state index >= 15 is 0 Å². The maximum Gasteiger partial charge on any atom is 0.421 e. The quantitative estimate of drug-likeness (QED) is 0.481. The highest BCUT2D eigenvalue weighted by atomic mass is 32.2. The fraction of sp³-hybridized carbons (Fsp3) is 0.409. The molecule has 2 aromatic carbocycles. The number of rotatable bonds is 6. The SMILES string of the molecule is CON(C)C(=O)C[C@@H]1CCc2cc(C(C)(O)C(F)(F)F)ccc2N1S(=O)(=O)c1ccc(F)cc1. The first-order valence-corrected chi connectivity index (χ1v) is 11.7. The zero-order valence-corrected chi connectivity index (χ0v) is 19.5. The zero-order valence-electron chi connectivity index (χ0n) is 18.6. The number of carbonyl (C=O) groups is 1. The molecule has 0 radical (unpaired) electrons. The lowest BCUT2D eigenvalue weighted by Gasteiger charge is -2.39. The van der Waals surface area contributed by atoms with Crippen LogP contribution in [0.25, 0.3) is 0 Å². The lowest BCUT2D eigenvalue weighted by molar-refractivity contribution is -0.258. The maximum atomic E-state index is 13.6. The Balaban J connectivity index is 2.12. The summed E-state index contributed by atoms with van der Waals surface area (Å²) in [5.74, 6) is -1.16. The van der Waals surface area contributed by atoms with E-state index in [1.165, 1.54) is 20.2 Å². The molecule has 1 aliphatic rings. The van der Waals surface area contributed by atoms with Gasteiger partial charge in [-0.05, 0) is 61.2 Å². The number of carbonyl (C=O) groups excluding carboxylic acids is 1. The molecule has 1 aliphatic heterocycles. The second kappa shape index (κ2) is 9.16. The average Bonchev–Trinajstić information content (AvgIpc) is 2.77. The molecule has 0 bridgehead atoms. The zero-order chi connectivity index (χ0) is 25.5. The van der Waals surface area contributed by atoms with Gasteiger partial charge in [-0.2, -0.15) is 13.2 Å². The molecule has 12 heteroatoms. The molecular formula is C22H24F4N2O5S. The van der Waals surface area contributed by atoms with Gasteiger partial charge in [0.05, 0.1) is 30.2 Å². The molecule has 1 unspecified atom stereocenters. The van der Waals surface area contributed by atoms with E-state index in [1.54, 1.807) is 0 Å². The molecule has 0 spiro atoms. The summed E-state index contributed by atoms with van der Waals surface area (Å²) in [4.78, 5) is 17.1. The molecule has 0 aromatic heterocycles. The third kappa shape index (κ3) is 4.75. The van der Waals surface area contributed by atoms with Crippen LogP contribution in [0.3, 0.4) is 0 Å². The van der Waals surface area contributed by atoms with E-state index in [0.717, 1.165) is 45.8 Å². The molecule has 1 amide bonds. The number of hydrogen-bond donors (Lipinski definition) is 1. The number of amides is 1. The first kappa shape index (κ1) is 25.9. The van der Waals surface area contributed by atoms with E-state index in [-0.39, 0.29) is 35.4 Å². The van der Waals surface area contributed by atoms with Gasteiger partial charge >= 0.3 is 6.18 Å². The van der Waals surface area contributed by atoms with Crippen LogP contribution in [-0.2, 0) is 31.7 Å². The average molecular weight is 505 g/mol. The van der Waals surface area contributed by atoms with Crippen molar-refractivity contribution >= 4 is 21.6 Å². The Morgan fingerprint density at radius 1 is 1.21 bits per heavy atom. The van der Waals surface area contributed by atoms with E-state index in [0.29, 0.717) is 6.92 Å². The number of aryl methyl sites for hydroxylation is 1. The Morgan fingerprint density at radius 3 is 2.38 bits per heavy atom. The second-order valence-electron chi connectivity index (χ2n) is 8.14. The third-order valence-corrected chi connectivity index (χ3v) is 7.80. The highest BCUT2D eigenvalue weighted by Gasteiger charge is 2.51. The van der Waals surface area contributed by atoms with Crippen molar-refractivity contribution in [3.63, 3.8) is 0 Å². The maximum absolute atomic E-state index is 13.6. The van der Waals surface area contributed by atoms with Gasteiger partial charge in [-0.25, -0.2) is 17.9 Å². The fourth-order valence-corrected chi connectivity index (χ4v) is 5.48. The van der Waals surface area contributed by atoms with Crippen LogP contribution in [0.2, 0.25) is 0 Å². The molecule has 3 rings (SSSR count). The summed E-state index contributed by atoms with van der Waals surface area (Å²) in [6.45, 7) is 0.618. The predicted molar refractivity (Wildman–Crippen MR) is 115 cm³/mol.